The van der Waals surface area contributed by atoms with Gasteiger partial charge in [0.05, 0.1) is 6.04 Å². The van der Waals surface area contributed by atoms with Crippen LogP contribution < -0.4 is 0 Å². The van der Waals surface area contributed by atoms with Gasteiger partial charge in [0.15, 0.2) is 0 Å². The zero-order chi connectivity index (χ0) is 14.8. The van der Waals surface area contributed by atoms with Gasteiger partial charge in [-0.2, -0.15) is 0 Å². The predicted molar refractivity (Wildman–Crippen MR) is 88.5 cm³/mol. The van der Waals surface area contributed by atoms with Gasteiger partial charge in [-0.1, -0.05) is 22.0 Å². The van der Waals surface area contributed by atoms with Crippen LogP contribution in [0.5, 0.6) is 0 Å². The third-order valence-electron chi connectivity index (χ3n) is 4.98. The van der Waals surface area contributed by atoms with Crippen molar-refractivity contribution in [2.24, 2.45) is 0 Å². The van der Waals surface area contributed by atoms with Crippen LogP contribution in [0.25, 0.3) is 0 Å². The normalized spacial score (nSPS) is 26.8. The highest BCUT2D eigenvalue weighted by molar-refractivity contribution is 9.10. The molecule has 3 nitrogen and oxygen atoms in total. The van der Waals surface area contributed by atoms with E-state index in [9.17, 15) is 4.79 Å². The Morgan fingerprint density at radius 3 is 2.81 bits per heavy atom. The molecule has 21 heavy (non-hydrogen) atoms. The van der Waals surface area contributed by atoms with Gasteiger partial charge in [0, 0.05) is 30.1 Å². The molecule has 2 aliphatic rings. The number of halogens is 1. The van der Waals surface area contributed by atoms with Crippen molar-refractivity contribution in [3.8, 4) is 0 Å². The van der Waals surface area contributed by atoms with Crippen molar-refractivity contribution in [2.45, 2.75) is 38.3 Å². The van der Waals surface area contributed by atoms with Gasteiger partial charge in [-0.15, -0.1) is 0 Å². The second-order valence-electron chi connectivity index (χ2n) is 6.24. The summed E-state index contributed by atoms with van der Waals surface area (Å²) in [5.74, 6) is 0. The molecule has 1 aromatic rings. The van der Waals surface area contributed by atoms with Crippen LogP contribution in [0.15, 0.2) is 22.7 Å². The number of aldehydes is 1. The Labute approximate surface area is 135 Å². The van der Waals surface area contributed by atoms with Crippen molar-refractivity contribution in [1.82, 2.24) is 9.80 Å². The minimum absolute atomic E-state index is 0.0697. The van der Waals surface area contributed by atoms with Crippen LogP contribution in [0, 0.1) is 0 Å². The quantitative estimate of drug-likeness (QED) is 0.779. The van der Waals surface area contributed by atoms with Gasteiger partial charge in [0.1, 0.15) is 6.29 Å². The Morgan fingerprint density at radius 2 is 2.10 bits per heavy atom. The van der Waals surface area contributed by atoms with Crippen LogP contribution in [0.3, 0.4) is 0 Å². The molecule has 0 N–H and O–H groups in total. The first-order valence-electron chi connectivity index (χ1n) is 7.91. The fraction of sp³-hybridized carbons (Fsp3) is 0.588. The number of nitrogens with zero attached hydrogens (tertiary/aromatic N) is 2. The van der Waals surface area contributed by atoms with Crippen LogP contribution in [0.1, 0.15) is 36.9 Å². The largest absolute Gasteiger partial charge is 0.301 e. The van der Waals surface area contributed by atoms with E-state index >= 15 is 0 Å². The average molecular weight is 351 g/mol. The van der Waals surface area contributed by atoms with Crippen LogP contribution in [0.2, 0.25) is 0 Å². The van der Waals surface area contributed by atoms with E-state index in [2.05, 4.69) is 44.8 Å². The zero-order valence-corrected chi connectivity index (χ0v) is 14.2. The van der Waals surface area contributed by atoms with Crippen molar-refractivity contribution in [3.05, 3.63) is 33.8 Å². The van der Waals surface area contributed by atoms with Gasteiger partial charge in [-0.3, -0.25) is 9.80 Å². The van der Waals surface area contributed by atoms with E-state index in [-0.39, 0.29) is 6.04 Å². The van der Waals surface area contributed by atoms with Gasteiger partial charge in [-0.25, -0.2) is 0 Å². The molecule has 0 amide bonds. The maximum absolute atomic E-state index is 11.6. The third-order valence-corrected chi connectivity index (χ3v) is 5.47. The molecule has 4 heteroatoms. The Bertz CT molecular complexity index is 520. The molecule has 0 spiro atoms. The summed E-state index contributed by atoms with van der Waals surface area (Å²) in [5, 5.41) is 0. The van der Waals surface area contributed by atoms with E-state index in [4.69, 9.17) is 0 Å². The number of likely N-dealkylation sites (tertiary alicyclic amines) is 1. The summed E-state index contributed by atoms with van der Waals surface area (Å²) in [5.41, 5.74) is 2.50. The molecule has 1 saturated heterocycles. The molecule has 1 aromatic carbocycles. The van der Waals surface area contributed by atoms with E-state index in [1.54, 1.807) is 0 Å². The monoisotopic (exact) mass is 350 g/mol. The highest BCUT2D eigenvalue weighted by atomic mass is 79.9. The standard InChI is InChI=1S/C17H23BrN2O/c1-13-3-2-7-19(13)9-10-20-8-6-14-11-15(18)4-5-16(14)17(20)12-21/h4-5,11-13,17H,2-3,6-10H2,1H3. The van der Waals surface area contributed by atoms with Gasteiger partial charge in [-0.05, 0) is 56.0 Å². The van der Waals surface area contributed by atoms with E-state index in [0.29, 0.717) is 6.04 Å². The summed E-state index contributed by atoms with van der Waals surface area (Å²) in [6, 6.07) is 6.93. The minimum Gasteiger partial charge on any atom is -0.301 e. The second kappa shape index (κ2) is 6.59. The van der Waals surface area contributed by atoms with E-state index < -0.39 is 0 Å². The minimum atomic E-state index is -0.0697. The molecule has 0 aliphatic carbocycles. The average Bonchev–Trinajstić information content (AvgIpc) is 2.89. The molecule has 2 heterocycles. The molecule has 3 rings (SSSR count). The van der Waals surface area contributed by atoms with Crippen molar-refractivity contribution < 1.29 is 4.79 Å². The lowest BCUT2D eigenvalue weighted by atomic mass is 9.93. The first-order chi connectivity index (χ1) is 10.2. The van der Waals surface area contributed by atoms with Gasteiger partial charge in [0.2, 0.25) is 0 Å². The van der Waals surface area contributed by atoms with Crippen LogP contribution in [-0.2, 0) is 11.2 Å². The number of fused-ring (bicyclic) bond motifs is 1. The molecule has 2 unspecified atom stereocenters. The Kier molecular flexibility index (Phi) is 4.77. The summed E-state index contributed by atoms with van der Waals surface area (Å²) >= 11 is 3.52. The summed E-state index contributed by atoms with van der Waals surface area (Å²) in [4.78, 5) is 16.5. The summed E-state index contributed by atoms with van der Waals surface area (Å²) in [6.07, 6.45) is 4.77. The van der Waals surface area contributed by atoms with Crippen molar-refractivity contribution in [2.75, 3.05) is 26.2 Å². The van der Waals surface area contributed by atoms with Gasteiger partial charge >= 0.3 is 0 Å². The van der Waals surface area contributed by atoms with Gasteiger partial charge < -0.3 is 4.79 Å². The Balaban J connectivity index is 1.69. The lowest BCUT2D eigenvalue weighted by Gasteiger charge is -2.35. The summed E-state index contributed by atoms with van der Waals surface area (Å²) in [6.45, 7) is 6.58. The number of hydrogen-bond acceptors (Lipinski definition) is 3. The Hall–Kier alpha value is -0.710. The van der Waals surface area contributed by atoms with Crippen LogP contribution >= 0.6 is 15.9 Å². The molecule has 2 atom stereocenters. The number of benzene rings is 1. The number of carbonyl (C=O) groups excluding carboxylic acids is 1. The fourth-order valence-corrected chi connectivity index (χ4v) is 4.08. The fourth-order valence-electron chi connectivity index (χ4n) is 3.67. The van der Waals surface area contributed by atoms with E-state index in [1.807, 2.05) is 6.07 Å². The smallest absolute Gasteiger partial charge is 0.141 e. The van der Waals surface area contributed by atoms with Crippen molar-refractivity contribution >= 4 is 22.2 Å². The van der Waals surface area contributed by atoms with Crippen molar-refractivity contribution in [1.29, 1.82) is 0 Å². The maximum atomic E-state index is 11.6. The molecule has 0 radical (unpaired) electrons. The molecular formula is C17H23BrN2O. The highest BCUT2D eigenvalue weighted by Crippen LogP contribution is 2.30. The molecule has 0 saturated carbocycles. The maximum Gasteiger partial charge on any atom is 0.141 e. The number of hydrogen-bond donors (Lipinski definition) is 0. The first-order valence-corrected chi connectivity index (χ1v) is 8.70. The lowest BCUT2D eigenvalue weighted by Crippen LogP contribution is -2.42. The summed E-state index contributed by atoms with van der Waals surface area (Å²) < 4.78 is 1.10. The number of rotatable bonds is 4. The molecule has 0 aromatic heterocycles. The molecular weight excluding hydrogens is 328 g/mol. The second-order valence-corrected chi connectivity index (χ2v) is 7.15. The molecule has 2 aliphatic heterocycles. The zero-order valence-electron chi connectivity index (χ0n) is 12.6. The first kappa shape index (κ1) is 15.2. The Morgan fingerprint density at radius 1 is 1.29 bits per heavy atom. The highest BCUT2D eigenvalue weighted by Gasteiger charge is 2.28. The molecule has 114 valence electrons. The van der Waals surface area contributed by atoms with Gasteiger partial charge in [0.25, 0.3) is 0 Å². The van der Waals surface area contributed by atoms with E-state index in [0.717, 1.165) is 36.8 Å². The summed E-state index contributed by atoms with van der Waals surface area (Å²) in [7, 11) is 0. The molecule has 1 fully saturated rings. The lowest BCUT2D eigenvalue weighted by molar-refractivity contribution is -0.113. The SMILES string of the molecule is CC1CCCN1CCN1CCc2cc(Br)ccc2C1C=O. The predicted octanol–water partition coefficient (Wildman–Crippen LogP) is 3.03. The van der Waals surface area contributed by atoms with Crippen molar-refractivity contribution in [3.63, 3.8) is 0 Å². The number of carbonyl (C=O) groups is 1. The van der Waals surface area contributed by atoms with Crippen LogP contribution in [0.4, 0.5) is 0 Å². The van der Waals surface area contributed by atoms with Crippen LogP contribution in [-0.4, -0.2) is 48.3 Å². The van der Waals surface area contributed by atoms with E-state index in [1.165, 1.54) is 30.5 Å². The third kappa shape index (κ3) is 3.22. The molecule has 0 bridgehead atoms. The topological polar surface area (TPSA) is 23.6 Å².